The van der Waals surface area contributed by atoms with Crippen molar-refractivity contribution in [3.05, 3.63) is 70.0 Å². The summed E-state index contributed by atoms with van der Waals surface area (Å²) in [5, 5.41) is 10.7. The zero-order valence-electron chi connectivity index (χ0n) is 11.5. The number of aromatic nitrogens is 1. The molecule has 106 valence electrons. The summed E-state index contributed by atoms with van der Waals surface area (Å²) in [5.41, 5.74) is 2.01. The van der Waals surface area contributed by atoms with Crippen molar-refractivity contribution in [2.75, 3.05) is 0 Å². The first kappa shape index (κ1) is 13.6. The van der Waals surface area contributed by atoms with Gasteiger partial charge in [-0.25, -0.2) is 9.79 Å². The molecule has 0 radical (unpaired) electrons. The number of aryl methyl sites for hydroxylation is 1. The smallest absolute Gasteiger partial charge is 0.446 e. The second-order valence-electron chi connectivity index (χ2n) is 4.85. The number of fused-ring (bicyclic) bond motifs is 1. The predicted octanol–water partition coefficient (Wildman–Crippen LogP) is 1.41. The van der Waals surface area contributed by atoms with Gasteiger partial charge in [0.25, 0.3) is 0 Å². The summed E-state index contributed by atoms with van der Waals surface area (Å²) in [6, 6.07) is 15.2. The van der Waals surface area contributed by atoms with E-state index in [0.29, 0.717) is 11.9 Å². The minimum absolute atomic E-state index is 0.136. The van der Waals surface area contributed by atoms with E-state index in [1.807, 2.05) is 49.4 Å². The van der Waals surface area contributed by atoms with E-state index >= 15 is 0 Å². The maximum atomic E-state index is 12.2. The fraction of sp³-hybridized carbons (Fsp3) is 0.125. The molecule has 5 heteroatoms. The summed E-state index contributed by atoms with van der Waals surface area (Å²) in [5.74, 6) is 0. The Balaban J connectivity index is 1.93. The molecule has 2 N–H and O–H groups in total. The standard InChI is InChI=1S/C16H14N2O2S/c1-11-5-4-6-12(9-11)10-17-16(20)18-15(19)13-7-2-3-8-14(13)21-18/h2-9H,10H2,1H3,(H,17,20)/p+1. The van der Waals surface area contributed by atoms with Crippen LogP contribution in [0.25, 0.3) is 10.1 Å². The van der Waals surface area contributed by atoms with E-state index < -0.39 is 0 Å². The first-order valence-electron chi connectivity index (χ1n) is 6.62. The van der Waals surface area contributed by atoms with E-state index in [2.05, 4.69) is 4.99 Å². The monoisotopic (exact) mass is 299 g/mol. The lowest BCUT2D eigenvalue weighted by Gasteiger charge is -1.96. The van der Waals surface area contributed by atoms with Crippen LogP contribution in [0.5, 0.6) is 0 Å². The lowest BCUT2D eigenvalue weighted by molar-refractivity contribution is -0.486. The number of aliphatic hydroxyl groups is 1. The molecule has 1 heterocycles. The lowest BCUT2D eigenvalue weighted by Crippen LogP contribution is -2.73. The highest BCUT2D eigenvalue weighted by molar-refractivity contribution is 7.14. The number of rotatable bonds is 2. The number of benzene rings is 2. The van der Waals surface area contributed by atoms with Crippen molar-refractivity contribution in [1.82, 2.24) is 3.96 Å². The first-order chi connectivity index (χ1) is 10.1. The zero-order chi connectivity index (χ0) is 14.8. The lowest BCUT2D eigenvalue weighted by atomic mass is 10.1. The number of hydrogen-bond donors (Lipinski definition) is 2. The maximum absolute atomic E-state index is 12.2. The highest BCUT2D eigenvalue weighted by Crippen LogP contribution is 2.14. The molecule has 1 aromatic heterocycles. The Hall–Kier alpha value is -2.40. The summed E-state index contributed by atoms with van der Waals surface area (Å²) >= 11 is 1.22. The van der Waals surface area contributed by atoms with Gasteiger partial charge in [-0.3, -0.25) is 0 Å². The summed E-state index contributed by atoms with van der Waals surface area (Å²) in [7, 11) is 0. The van der Waals surface area contributed by atoms with Crippen LogP contribution in [0.3, 0.4) is 0 Å². The fourth-order valence-electron chi connectivity index (χ4n) is 2.19. The van der Waals surface area contributed by atoms with E-state index in [1.165, 1.54) is 15.5 Å². The highest BCUT2D eigenvalue weighted by atomic mass is 32.1. The fourth-order valence-corrected chi connectivity index (χ4v) is 3.11. The van der Waals surface area contributed by atoms with Crippen molar-refractivity contribution < 1.29 is 10.1 Å². The van der Waals surface area contributed by atoms with Crippen LogP contribution in [0.1, 0.15) is 11.1 Å². The van der Waals surface area contributed by atoms with Gasteiger partial charge in [-0.05, 0) is 24.6 Å². The molecule has 0 fully saturated rings. The van der Waals surface area contributed by atoms with Gasteiger partial charge in [0.2, 0.25) is 0 Å². The maximum Gasteiger partial charge on any atom is 0.466 e. The van der Waals surface area contributed by atoms with Crippen molar-refractivity contribution in [3.8, 4) is 0 Å². The quantitative estimate of drug-likeness (QED) is 0.555. The number of nitrogens with one attached hydrogen (secondary N) is 1. The zero-order valence-corrected chi connectivity index (χ0v) is 12.4. The largest absolute Gasteiger partial charge is 0.466 e. The summed E-state index contributed by atoms with van der Waals surface area (Å²) in [6.07, 6.45) is 0. The van der Waals surface area contributed by atoms with Gasteiger partial charge in [0.1, 0.15) is 6.54 Å². The van der Waals surface area contributed by atoms with Crippen LogP contribution >= 0.6 is 11.5 Å². The molecule has 0 saturated carbocycles. The van der Waals surface area contributed by atoms with Crippen LogP contribution in [0.2, 0.25) is 0 Å². The van der Waals surface area contributed by atoms with Crippen LogP contribution in [-0.4, -0.2) is 15.1 Å². The number of aliphatic hydroxyl groups excluding tert-OH is 1. The van der Waals surface area contributed by atoms with Crippen molar-refractivity contribution in [2.45, 2.75) is 13.5 Å². The van der Waals surface area contributed by atoms with Crippen molar-refractivity contribution in [2.24, 2.45) is 0 Å². The number of hydrogen-bond acceptors (Lipinski definition) is 2. The second-order valence-corrected chi connectivity index (χ2v) is 5.84. The molecule has 0 unspecified atom stereocenters. The van der Waals surface area contributed by atoms with Gasteiger partial charge >= 0.3 is 11.6 Å². The molecule has 0 aliphatic heterocycles. The summed E-state index contributed by atoms with van der Waals surface area (Å²) in [4.78, 5) is 15.1. The molecule has 2 aromatic carbocycles. The molecule has 0 amide bonds. The molecular formula is C16H15N2O2S+. The summed E-state index contributed by atoms with van der Waals surface area (Å²) in [6.45, 7) is 2.48. The van der Waals surface area contributed by atoms with E-state index in [0.717, 1.165) is 15.8 Å². The van der Waals surface area contributed by atoms with Crippen molar-refractivity contribution in [3.63, 3.8) is 0 Å². The van der Waals surface area contributed by atoms with Crippen LogP contribution in [0.15, 0.2) is 53.3 Å². The molecule has 4 nitrogen and oxygen atoms in total. The van der Waals surface area contributed by atoms with Crippen LogP contribution < -0.4 is 10.6 Å². The molecule has 0 spiro atoms. The van der Waals surface area contributed by atoms with Gasteiger partial charge in [0.15, 0.2) is 0 Å². The Morgan fingerprint density at radius 3 is 2.81 bits per heavy atom. The Morgan fingerprint density at radius 2 is 2.05 bits per heavy atom. The third kappa shape index (κ3) is 2.73. The molecule has 0 aliphatic rings. The summed E-state index contributed by atoms with van der Waals surface area (Å²) < 4.78 is 2.13. The molecule has 0 saturated heterocycles. The third-order valence-corrected chi connectivity index (χ3v) is 4.29. The third-order valence-electron chi connectivity index (χ3n) is 3.22. The van der Waals surface area contributed by atoms with Gasteiger partial charge in [0, 0.05) is 0 Å². The Morgan fingerprint density at radius 1 is 1.24 bits per heavy atom. The topological polar surface area (TPSA) is 56.2 Å². The van der Waals surface area contributed by atoms with Gasteiger partial charge in [-0.15, -0.1) is 0 Å². The molecule has 0 bridgehead atoms. The Labute approximate surface area is 125 Å². The second kappa shape index (κ2) is 5.54. The minimum atomic E-state index is -0.204. The number of nitrogens with zero attached hydrogens (tertiary/aromatic N) is 1. The van der Waals surface area contributed by atoms with Crippen LogP contribution in [-0.2, 0) is 6.54 Å². The molecule has 0 atom stereocenters. The average molecular weight is 299 g/mol. The Bertz CT molecular complexity index is 877. The van der Waals surface area contributed by atoms with E-state index in [1.54, 1.807) is 6.07 Å². The minimum Gasteiger partial charge on any atom is -0.446 e. The van der Waals surface area contributed by atoms with E-state index in [4.69, 9.17) is 0 Å². The van der Waals surface area contributed by atoms with Crippen molar-refractivity contribution in [1.29, 1.82) is 0 Å². The van der Waals surface area contributed by atoms with Crippen molar-refractivity contribution >= 4 is 27.6 Å². The van der Waals surface area contributed by atoms with E-state index in [9.17, 15) is 9.90 Å². The highest BCUT2D eigenvalue weighted by Gasteiger charge is 2.18. The molecule has 3 rings (SSSR count). The average Bonchev–Trinajstić information content (AvgIpc) is 2.83. The van der Waals surface area contributed by atoms with Gasteiger partial charge in [-0.2, -0.15) is 0 Å². The Kier molecular flexibility index (Phi) is 3.58. The first-order valence-corrected chi connectivity index (χ1v) is 7.39. The predicted molar refractivity (Wildman–Crippen MR) is 85.0 cm³/mol. The molecule has 21 heavy (non-hydrogen) atoms. The van der Waals surface area contributed by atoms with Crippen LogP contribution in [0, 0.1) is 6.92 Å². The van der Waals surface area contributed by atoms with Gasteiger partial charge < -0.3 is 5.11 Å². The normalized spacial score (nSPS) is 12.0. The van der Waals surface area contributed by atoms with Crippen LogP contribution in [0.4, 0.5) is 0 Å². The van der Waals surface area contributed by atoms with Gasteiger partial charge in [-0.1, -0.05) is 45.9 Å². The van der Waals surface area contributed by atoms with E-state index in [-0.39, 0.29) is 11.6 Å². The molecular weight excluding hydrogens is 284 g/mol. The molecule has 0 aliphatic carbocycles. The molecule has 3 aromatic rings. The van der Waals surface area contributed by atoms with Gasteiger partial charge in [0.05, 0.1) is 21.6 Å². The SMILES string of the molecule is Cc1cccc(C[NH+]=C(O)n2sc3ccccc3c2=O)c1.